The second kappa shape index (κ2) is 3.92. The molecule has 0 saturated carbocycles. The van der Waals surface area contributed by atoms with Crippen molar-refractivity contribution in [3.8, 4) is 0 Å². The molecule has 0 fully saturated rings. The van der Waals surface area contributed by atoms with Gasteiger partial charge in [0.15, 0.2) is 0 Å². The van der Waals surface area contributed by atoms with Crippen LogP contribution in [0.1, 0.15) is 13.3 Å². The van der Waals surface area contributed by atoms with Crippen molar-refractivity contribution in [2.75, 3.05) is 7.11 Å². The third kappa shape index (κ3) is 4.15. The van der Waals surface area contributed by atoms with Crippen LogP contribution in [0.15, 0.2) is 0 Å². The zero-order chi connectivity index (χ0) is 6.57. The van der Waals surface area contributed by atoms with Crippen molar-refractivity contribution in [3.63, 3.8) is 0 Å². The van der Waals surface area contributed by atoms with Crippen molar-refractivity contribution in [2.24, 2.45) is 0 Å². The number of carbonyl (C=O) groups excluding carboxylic acids is 1. The average molecular weight is 133 g/mol. The second-order valence-electron chi connectivity index (χ2n) is 1.57. The molecule has 47 valence electrons. The highest BCUT2D eigenvalue weighted by molar-refractivity contribution is 7.80. The lowest BCUT2D eigenvalue weighted by molar-refractivity contribution is -0.118. The highest BCUT2D eigenvalue weighted by atomic mass is 32.1. The van der Waals surface area contributed by atoms with E-state index in [2.05, 4.69) is 17.4 Å². The number of ketones is 1. The van der Waals surface area contributed by atoms with E-state index in [-0.39, 0.29) is 11.2 Å². The number of hydrogen-bond donors (Lipinski definition) is 0. The van der Waals surface area contributed by atoms with Crippen molar-refractivity contribution in [2.45, 2.75) is 18.8 Å². The van der Waals surface area contributed by atoms with Gasteiger partial charge in [-0.05, 0) is 6.92 Å². The number of rotatable bonds is 3. The molecular formula is C5H9O2S. The Morgan fingerprint density at radius 2 is 2.38 bits per heavy atom. The second-order valence-corrected chi connectivity index (χ2v) is 2.10. The van der Waals surface area contributed by atoms with E-state index in [1.54, 1.807) is 0 Å². The molecule has 1 atom stereocenters. The molecule has 0 N–H and O–H groups in total. The fourth-order valence-corrected chi connectivity index (χ4v) is 0.553. The molecule has 1 unspecified atom stereocenters. The highest BCUT2D eigenvalue weighted by Crippen LogP contribution is 2.00. The fourth-order valence-electron chi connectivity index (χ4n) is 0.318. The Bertz CT molecular complexity index is 82.5. The Kier molecular flexibility index (Phi) is 3.91. The summed E-state index contributed by atoms with van der Waals surface area (Å²) in [5.41, 5.74) is -0.340. The van der Waals surface area contributed by atoms with Crippen LogP contribution in [-0.4, -0.2) is 18.3 Å². The van der Waals surface area contributed by atoms with Gasteiger partial charge in [-0.2, -0.15) is 0 Å². The summed E-state index contributed by atoms with van der Waals surface area (Å²) in [7, 11) is 1.50. The first kappa shape index (κ1) is 7.98. The summed E-state index contributed by atoms with van der Waals surface area (Å²) < 4.78 is 4.65. The van der Waals surface area contributed by atoms with Crippen LogP contribution < -0.4 is 0 Å². The third-order valence-electron chi connectivity index (χ3n) is 0.717. The van der Waals surface area contributed by atoms with Gasteiger partial charge in [0.2, 0.25) is 0 Å². The molecule has 3 heteroatoms. The first-order chi connectivity index (χ1) is 3.66. The first-order valence-electron chi connectivity index (χ1n) is 2.35. The lowest BCUT2D eigenvalue weighted by atomic mass is 10.3. The van der Waals surface area contributed by atoms with E-state index in [1.807, 2.05) is 0 Å². The van der Waals surface area contributed by atoms with Crippen LogP contribution in [0.2, 0.25) is 0 Å². The molecule has 0 aliphatic carbocycles. The summed E-state index contributed by atoms with van der Waals surface area (Å²) in [6.45, 7) is 1.50. The van der Waals surface area contributed by atoms with Gasteiger partial charge >= 0.3 is 0 Å². The summed E-state index contributed by atoms with van der Waals surface area (Å²) in [5, 5.41) is 0. The summed E-state index contributed by atoms with van der Waals surface area (Å²) in [5.74, 6) is 0.0758. The van der Waals surface area contributed by atoms with Gasteiger partial charge in [0.05, 0.1) is 0 Å². The molecule has 8 heavy (non-hydrogen) atoms. The van der Waals surface area contributed by atoms with Crippen LogP contribution in [0, 0.1) is 0 Å². The molecule has 0 aliphatic rings. The monoisotopic (exact) mass is 133 g/mol. The van der Waals surface area contributed by atoms with Crippen LogP contribution in [0.3, 0.4) is 0 Å². The van der Waals surface area contributed by atoms with Gasteiger partial charge in [0.1, 0.15) is 11.2 Å². The smallest absolute Gasteiger partial charge is 0.133 e. The Balaban J connectivity index is 3.24. The Hall–Kier alpha value is -0.0200. The highest BCUT2D eigenvalue weighted by Gasteiger charge is 2.02. The number of methoxy groups -OCH3 is 1. The number of hydrogen-bond acceptors (Lipinski definition) is 2. The molecular weight excluding hydrogens is 124 g/mol. The van der Waals surface area contributed by atoms with Gasteiger partial charge in [-0.25, -0.2) is 0 Å². The molecule has 2 nitrogen and oxygen atoms in total. The fraction of sp³-hybridized carbons (Fsp3) is 0.800. The predicted octanol–water partition coefficient (Wildman–Crippen LogP) is 1.14. The van der Waals surface area contributed by atoms with E-state index in [1.165, 1.54) is 14.0 Å². The minimum absolute atomic E-state index is 0.0758. The lowest BCUT2D eigenvalue weighted by Gasteiger charge is -2.01. The van der Waals surface area contributed by atoms with E-state index in [9.17, 15) is 4.79 Å². The van der Waals surface area contributed by atoms with Crippen molar-refractivity contribution in [1.82, 2.24) is 0 Å². The van der Waals surface area contributed by atoms with Gasteiger partial charge in [-0.15, -0.1) is 0 Å². The van der Waals surface area contributed by atoms with Crippen LogP contribution in [0.25, 0.3) is 0 Å². The van der Waals surface area contributed by atoms with E-state index in [4.69, 9.17) is 0 Å². The number of Topliss-reactive ketones (excluding diaryl/α,β-unsaturated/α-hetero) is 1. The molecule has 0 aliphatic heterocycles. The normalized spacial score (nSPS) is 13.4. The van der Waals surface area contributed by atoms with Gasteiger partial charge in [0.25, 0.3) is 0 Å². The molecule has 0 aromatic heterocycles. The number of ether oxygens (including phenoxy) is 1. The summed E-state index contributed by atoms with van der Waals surface area (Å²) in [4.78, 5) is 10.3. The lowest BCUT2D eigenvalue weighted by Crippen LogP contribution is -2.06. The zero-order valence-electron chi connectivity index (χ0n) is 5.01. The first-order valence-corrected chi connectivity index (χ1v) is 2.82. The molecule has 0 saturated heterocycles. The average Bonchev–Trinajstić information content (AvgIpc) is 1.65. The maximum Gasteiger partial charge on any atom is 0.133 e. The molecule has 0 aromatic rings. The predicted molar refractivity (Wildman–Crippen MR) is 33.7 cm³/mol. The van der Waals surface area contributed by atoms with Crippen LogP contribution in [-0.2, 0) is 9.53 Å². The van der Waals surface area contributed by atoms with Crippen LogP contribution in [0.4, 0.5) is 0 Å². The van der Waals surface area contributed by atoms with Gasteiger partial charge in [-0.1, -0.05) is 12.6 Å². The maximum absolute atomic E-state index is 10.3. The van der Waals surface area contributed by atoms with Gasteiger partial charge in [-0.3, -0.25) is 4.79 Å². The molecule has 0 aromatic carbocycles. The third-order valence-corrected chi connectivity index (χ3v) is 1.08. The molecule has 0 amide bonds. The number of carbonyl (C=O) groups is 1. The molecule has 0 heterocycles. The molecule has 1 radical (unpaired) electrons. The summed E-state index contributed by atoms with van der Waals surface area (Å²) in [6, 6.07) is 0. The topological polar surface area (TPSA) is 26.3 Å². The van der Waals surface area contributed by atoms with Crippen molar-refractivity contribution in [1.29, 1.82) is 0 Å². The standard InChI is InChI=1S/C5H9O2S/c1-4(6)3-5(8)7-2/h5H,3H2,1-2H3. The van der Waals surface area contributed by atoms with E-state index < -0.39 is 0 Å². The van der Waals surface area contributed by atoms with Crippen LogP contribution in [0.5, 0.6) is 0 Å². The van der Waals surface area contributed by atoms with E-state index >= 15 is 0 Å². The van der Waals surface area contributed by atoms with Gasteiger partial charge in [0, 0.05) is 13.5 Å². The summed E-state index contributed by atoms with van der Waals surface area (Å²) in [6.07, 6.45) is 0.339. The van der Waals surface area contributed by atoms with E-state index in [0.717, 1.165) is 0 Å². The van der Waals surface area contributed by atoms with E-state index in [0.29, 0.717) is 6.42 Å². The minimum atomic E-state index is -0.340. The zero-order valence-corrected chi connectivity index (χ0v) is 5.83. The molecule has 0 spiro atoms. The van der Waals surface area contributed by atoms with Crippen molar-refractivity contribution in [3.05, 3.63) is 0 Å². The minimum Gasteiger partial charge on any atom is -0.370 e. The van der Waals surface area contributed by atoms with Crippen molar-refractivity contribution >= 4 is 18.4 Å². The maximum atomic E-state index is 10.3. The van der Waals surface area contributed by atoms with Crippen LogP contribution >= 0.6 is 12.6 Å². The SMILES string of the molecule is COC([S])CC(C)=O. The molecule has 0 bridgehead atoms. The van der Waals surface area contributed by atoms with Crippen molar-refractivity contribution < 1.29 is 9.53 Å². The Morgan fingerprint density at radius 1 is 1.88 bits per heavy atom. The Morgan fingerprint density at radius 3 is 2.50 bits per heavy atom. The summed E-state index contributed by atoms with van der Waals surface area (Å²) >= 11 is 4.67. The molecule has 0 rings (SSSR count). The largest absolute Gasteiger partial charge is 0.370 e. The Labute approximate surface area is 54.6 Å². The quantitative estimate of drug-likeness (QED) is 0.577. The van der Waals surface area contributed by atoms with Gasteiger partial charge < -0.3 is 4.74 Å².